The fourth-order valence-electron chi connectivity index (χ4n) is 3.04. The molecule has 0 aromatic carbocycles. The molecule has 2 heterocycles. The zero-order chi connectivity index (χ0) is 21.2. The van der Waals surface area contributed by atoms with Gasteiger partial charge in [-0.2, -0.15) is 0 Å². The standard InChI is InChI=1S/C15H23O13/c16-2-5-9(22)10(23)12(25)14(27-5)15(28-7(20)1-6(18)19)13-11(24)8(21)4(17)3-26-13/h3-5,8-17,21-25H,1-2H2,(H,18,19)/t4-,5+,8+,9+,10-,11-,12+,13-,14+,15?/m0/s1. The fourth-order valence-corrected chi connectivity index (χ4v) is 3.04. The lowest BCUT2D eigenvalue weighted by Crippen LogP contribution is -2.66. The summed E-state index contributed by atoms with van der Waals surface area (Å²) in [6.45, 7) is -0.0666. The van der Waals surface area contributed by atoms with Gasteiger partial charge in [-0.1, -0.05) is 0 Å². The van der Waals surface area contributed by atoms with E-state index in [1.54, 1.807) is 0 Å². The van der Waals surface area contributed by atoms with Crippen molar-refractivity contribution in [3.8, 4) is 0 Å². The highest BCUT2D eigenvalue weighted by atomic mass is 16.6. The lowest BCUT2D eigenvalue weighted by atomic mass is 9.87. The summed E-state index contributed by atoms with van der Waals surface area (Å²) >= 11 is 0. The maximum absolute atomic E-state index is 11.8. The van der Waals surface area contributed by atoms with E-state index in [0.717, 1.165) is 6.61 Å². The summed E-state index contributed by atoms with van der Waals surface area (Å²) in [7, 11) is 0. The van der Waals surface area contributed by atoms with Crippen LogP contribution in [0.25, 0.3) is 0 Å². The van der Waals surface area contributed by atoms with Gasteiger partial charge in [-0.25, -0.2) is 0 Å². The molecule has 10 atom stereocenters. The number of ether oxygens (including phenoxy) is 3. The largest absolute Gasteiger partial charge is 0.481 e. The van der Waals surface area contributed by atoms with Crippen LogP contribution in [0.1, 0.15) is 6.42 Å². The minimum absolute atomic E-state index is 0.726. The second-order valence-corrected chi connectivity index (χ2v) is 6.53. The van der Waals surface area contributed by atoms with E-state index in [-0.39, 0.29) is 0 Å². The molecule has 0 aromatic rings. The van der Waals surface area contributed by atoms with E-state index in [4.69, 9.17) is 19.3 Å². The first-order valence-corrected chi connectivity index (χ1v) is 8.33. The maximum atomic E-state index is 11.8. The normalized spacial score (nSPS) is 42.6. The van der Waals surface area contributed by atoms with Gasteiger partial charge in [-0.05, 0) is 0 Å². The van der Waals surface area contributed by atoms with E-state index in [9.17, 15) is 45.3 Å². The molecule has 0 spiro atoms. The van der Waals surface area contributed by atoms with Crippen LogP contribution < -0.4 is 0 Å². The van der Waals surface area contributed by atoms with Crippen molar-refractivity contribution in [2.45, 2.75) is 67.5 Å². The van der Waals surface area contributed by atoms with Gasteiger partial charge >= 0.3 is 11.9 Å². The van der Waals surface area contributed by atoms with E-state index < -0.39 is 86.0 Å². The second-order valence-electron chi connectivity index (χ2n) is 6.53. The number of rotatable bonds is 6. The molecule has 2 saturated heterocycles. The molecule has 2 aliphatic rings. The molecule has 1 radical (unpaired) electrons. The smallest absolute Gasteiger partial charge is 0.317 e. The molecular formula is C15H23O13. The third-order valence-corrected chi connectivity index (χ3v) is 4.55. The quantitative estimate of drug-likeness (QED) is 0.151. The second kappa shape index (κ2) is 9.39. The lowest BCUT2D eigenvalue weighted by Gasteiger charge is -2.46. The van der Waals surface area contributed by atoms with Crippen molar-refractivity contribution in [2.75, 3.05) is 6.61 Å². The van der Waals surface area contributed by atoms with Gasteiger partial charge in [0.25, 0.3) is 0 Å². The van der Waals surface area contributed by atoms with Gasteiger partial charge in [0.15, 0.2) is 6.10 Å². The topological polar surface area (TPSA) is 224 Å². The number of aliphatic hydroxyl groups is 7. The third-order valence-electron chi connectivity index (χ3n) is 4.55. The first-order valence-electron chi connectivity index (χ1n) is 8.33. The zero-order valence-corrected chi connectivity index (χ0v) is 14.4. The van der Waals surface area contributed by atoms with Crippen LogP contribution in [0.2, 0.25) is 0 Å². The third kappa shape index (κ3) is 4.76. The molecule has 0 aromatic heterocycles. The van der Waals surface area contributed by atoms with Crippen LogP contribution in [0.4, 0.5) is 0 Å². The molecule has 8 N–H and O–H groups in total. The highest BCUT2D eigenvalue weighted by Crippen LogP contribution is 2.31. The molecule has 0 amide bonds. The molecule has 0 bridgehead atoms. The van der Waals surface area contributed by atoms with E-state index in [1.165, 1.54) is 0 Å². The van der Waals surface area contributed by atoms with Crippen molar-refractivity contribution < 1.29 is 64.7 Å². The van der Waals surface area contributed by atoms with Crippen LogP contribution in [-0.4, -0.2) is 120 Å². The van der Waals surface area contributed by atoms with Crippen LogP contribution in [0.5, 0.6) is 0 Å². The van der Waals surface area contributed by atoms with Gasteiger partial charge in [0.1, 0.15) is 68.0 Å². The SMILES string of the molecule is O=C(O)CC(=O)OC([C@H]1O[CH][C@H](O)[C@@H](O)[C@@H]1O)[C@@H]1O[C@H](CO)[C@@H](O)[C@H](O)[C@H]1O. The number of hydrogen-bond acceptors (Lipinski definition) is 12. The number of carbonyl (C=O) groups is 2. The highest BCUT2D eigenvalue weighted by molar-refractivity contribution is 5.90. The molecule has 28 heavy (non-hydrogen) atoms. The first kappa shape index (κ1) is 22.9. The number of esters is 1. The molecule has 2 aliphatic heterocycles. The zero-order valence-electron chi connectivity index (χ0n) is 14.4. The van der Waals surface area contributed by atoms with E-state index in [2.05, 4.69) is 0 Å². The van der Waals surface area contributed by atoms with E-state index >= 15 is 0 Å². The summed E-state index contributed by atoms with van der Waals surface area (Å²) in [5.74, 6) is -2.85. The van der Waals surface area contributed by atoms with Crippen molar-refractivity contribution in [1.82, 2.24) is 0 Å². The van der Waals surface area contributed by atoms with Crippen molar-refractivity contribution in [3.63, 3.8) is 0 Å². The molecule has 1 unspecified atom stereocenters. The Balaban J connectivity index is 2.31. The summed E-state index contributed by atoms with van der Waals surface area (Å²) < 4.78 is 15.3. The van der Waals surface area contributed by atoms with Gasteiger partial charge in [0, 0.05) is 0 Å². The number of hydrogen-bond donors (Lipinski definition) is 8. The Morgan fingerprint density at radius 3 is 2.11 bits per heavy atom. The van der Waals surface area contributed by atoms with Crippen LogP contribution in [0.3, 0.4) is 0 Å². The van der Waals surface area contributed by atoms with Crippen LogP contribution in [0.15, 0.2) is 0 Å². The van der Waals surface area contributed by atoms with E-state index in [1.807, 2.05) is 0 Å². The Hall–Kier alpha value is -1.42. The van der Waals surface area contributed by atoms with Gasteiger partial charge in [-0.3, -0.25) is 9.59 Å². The van der Waals surface area contributed by atoms with Crippen molar-refractivity contribution >= 4 is 11.9 Å². The Bertz CT molecular complexity index is 554. The molecule has 2 fully saturated rings. The summed E-state index contributed by atoms with van der Waals surface area (Å²) in [6.07, 6.45) is -18.3. The molecule has 161 valence electrons. The predicted molar refractivity (Wildman–Crippen MR) is 83.1 cm³/mol. The van der Waals surface area contributed by atoms with Crippen LogP contribution >= 0.6 is 0 Å². The number of aliphatic hydroxyl groups excluding tert-OH is 7. The lowest BCUT2D eigenvalue weighted by molar-refractivity contribution is -0.276. The molecule has 2 rings (SSSR count). The molecule has 0 saturated carbocycles. The number of carboxylic acid groups (broad SMARTS) is 1. The summed E-state index contributed by atoms with van der Waals surface area (Å²) in [6, 6.07) is 0. The summed E-state index contributed by atoms with van der Waals surface area (Å²) in [4.78, 5) is 22.6. The van der Waals surface area contributed by atoms with Gasteiger partial charge in [-0.15, -0.1) is 0 Å². The van der Waals surface area contributed by atoms with Gasteiger partial charge < -0.3 is 55.1 Å². The minimum atomic E-state index is -1.90. The molecule has 13 heteroatoms. The van der Waals surface area contributed by atoms with Crippen LogP contribution in [0, 0.1) is 6.61 Å². The Labute approximate surface area is 158 Å². The maximum Gasteiger partial charge on any atom is 0.317 e. The fraction of sp³-hybridized carbons (Fsp3) is 0.800. The van der Waals surface area contributed by atoms with Crippen molar-refractivity contribution in [1.29, 1.82) is 0 Å². The average molecular weight is 411 g/mol. The Kier molecular flexibility index (Phi) is 7.66. The number of carboxylic acids is 1. The van der Waals surface area contributed by atoms with Crippen molar-refractivity contribution in [3.05, 3.63) is 6.61 Å². The average Bonchev–Trinajstić information content (AvgIpc) is 2.63. The minimum Gasteiger partial charge on any atom is -0.481 e. The van der Waals surface area contributed by atoms with Crippen LogP contribution in [-0.2, 0) is 23.8 Å². The molecule has 13 nitrogen and oxygen atoms in total. The Morgan fingerprint density at radius 2 is 1.54 bits per heavy atom. The van der Waals surface area contributed by atoms with E-state index in [0.29, 0.717) is 0 Å². The first-order chi connectivity index (χ1) is 13.1. The molecule has 0 aliphatic carbocycles. The number of aliphatic carboxylic acids is 1. The monoisotopic (exact) mass is 411 g/mol. The summed E-state index contributed by atoms with van der Waals surface area (Å²) in [5.41, 5.74) is 0. The number of carbonyl (C=O) groups excluding carboxylic acids is 1. The van der Waals surface area contributed by atoms with Crippen molar-refractivity contribution in [2.24, 2.45) is 0 Å². The van der Waals surface area contributed by atoms with Gasteiger partial charge in [0.2, 0.25) is 0 Å². The molecular weight excluding hydrogens is 388 g/mol. The Morgan fingerprint density at radius 1 is 0.929 bits per heavy atom. The highest BCUT2D eigenvalue weighted by Gasteiger charge is 2.53. The van der Waals surface area contributed by atoms with Gasteiger partial charge in [0.05, 0.1) is 6.61 Å². The summed E-state index contributed by atoms with van der Waals surface area (Å²) in [5, 5.41) is 77.5. The predicted octanol–water partition coefficient (Wildman–Crippen LogP) is -5.14.